The van der Waals surface area contributed by atoms with Crippen LogP contribution in [0.3, 0.4) is 0 Å². The van der Waals surface area contributed by atoms with Crippen molar-refractivity contribution in [2.75, 3.05) is 6.54 Å². The lowest BCUT2D eigenvalue weighted by Gasteiger charge is -2.26. The van der Waals surface area contributed by atoms with Gasteiger partial charge in [-0.25, -0.2) is 9.59 Å². The molecule has 2 atom stereocenters. The number of ether oxygens (including phenoxy) is 1. The lowest BCUT2D eigenvalue weighted by molar-refractivity contribution is -0.142. The van der Waals surface area contributed by atoms with Crippen LogP contribution in [0.4, 0.5) is 4.79 Å². The van der Waals surface area contributed by atoms with E-state index in [0.29, 0.717) is 10.6 Å². The monoisotopic (exact) mass is 441 g/mol. The third-order valence-electron chi connectivity index (χ3n) is 3.81. The van der Waals surface area contributed by atoms with Crippen molar-refractivity contribution in [1.82, 2.24) is 16.0 Å². The van der Waals surface area contributed by atoms with Crippen LogP contribution in [0.2, 0.25) is 5.02 Å². The lowest BCUT2D eigenvalue weighted by atomic mass is 10.0. The van der Waals surface area contributed by atoms with Crippen LogP contribution in [-0.2, 0) is 14.3 Å². The van der Waals surface area contributed by atoms with Gasteiger partial charge in [-0.1, -0.05) is 25.4 Å². The summed E-state index contributed by atoms with van der Waals surface area (Å²) in [6.07, 6.45) is -0.792. The first kappa shape index (κ1) is 25.2. The molecular formula is C20H28ClN3O6. The molecule has 0 fully saturated rings. The Morgan fingerprint density at radius 2 is 1.63 bits per heavy atom. The van der Waals surface area contributed by atoms with E-state index < -0.39 is 41.6 Å². The Hall–Kier alpha value is -2.81. The van der Waals surface area contributed by atoms with Crippen LogP contribution in [-0.4, -0.2) is 53.2 Å². The summed E-state index contributed by atoms with van der Waals surface area (Å²) in [5.74, 6) is -2.89. The van der Waals surface area contributed by atoms with Crippen molar-refractivity contribution in [2.24, 2.45) is 5.92 Å². The first-order valence-electron chi connectivity index (χ1n) is 9.36. The van der Waals surface area contributed by atoms with E-state index in [1.807, 2.05) is 0 Å². The number of alkyl carbamates (subject to hydrolysis) is 1. The number of rotatable bonds is 8. The summed E-state index contributed by atoms with van der Waals surface area (Å²) >= 11 is 5.77. The Bertz CT molecular complexity index is 774. The molecule has 3 amide bonds. The quantitative estimate of drug-likeness (QED) is 0.488. The first-order valence-corrected chi connectivity index (χ1v) is 9.74. The molecule has 4 N–H and O–H groups in total. The molecule has 0 saturated heterocycles. The highest BCUT2D eigenvalue weighted by molar-refractivity contribution is 6.30. The zero-order valence-electron chi connectivity index (χ0n) is 17.6. The molecule has 1 rings (SSSR count). The molecule has 10 heteroatoms. The topological polar surface area (TPSA) is 134 Å². The van der Waals surface area contributed by atoms with Crippen molar-refractivity contribution >= 4 is 35.5 Å². The van der Waals surface area contributed by atoms with Crippen LogP contribution < -0.4 is 16.0 Å². The van der Waals surface area contributed by atoms with Gasteiger partial charge < -0.3 is 25.8 Å². The number of carboxylic acids is 1. The van der Waals surface area contributed by atoms with Crippen molar-refractivity contribution in [3.05, 3.63) is 34.9 Å². The molecule has 0 bridgehead atoms. The van der Waals surface area contributed by atoms with Gasteiger partial charge in [0.05, 0.1) is 0 Å². The Labute approximate surface area is 180 Å². The second-order valence-electron chi connectivity index (χ2n) is 7.98. The average molecular weight is 442 g/mol. The molecule has 0 heterocycles. The summed E-state index contributed by atoms with van der Waals surface area (Å²) in [7, 11) is 0. The van der Waals surface area contributed by atoms with E-state index in [-0.39, 0.29) is 12.5 Å². The fraction of sp³-hybridized carbons (Fsp3) is 0.500. The summed E-state index contributed by atoms with van der Waals surface area (Å²) in [4.78, 5) is 48.3. The number of hydrogen-bond donors (Lipinski definition) is 4. The minimum Gasteiger partial charge on any atom is -0.480 e. The number of carboxylic acid groups (broad SMARTS) is 1. The van der Waals surface area contributed by atoms with Crippen molar-refractivity contribution in [1.29, 1.82) is 0 Å². The minimum atomic E-state index is -1.39. The molecule has 0 unspecified atom stereocenters. The number of hydrogen-bond acceptors (Lipinski definition) is 5. The Balaban J connectivity index is 2.75. The molecule has 9 nitrogen and oxygen atoms in total. The maximum atomic E-state index is 12.6. The highest BCUT2D eigenvalue weighted by Crippen LogP contribution is 2.10. The molecule has 0 aliphatic rings. The molecular weight excluding hydrogens is 414 g/mol. The smallest absolute Gasteiger partial charge is 0.408 e. The second kappa shape index (κ2) is 10.8. The molecule has 1 aromatic rings. The zero-order valence-corrected chi connectivity index (χ0v) is 18.4. The molecule has 0 radical (unpaired) electrons. The van der Waals surface area contributed by atoms with E-state index in [1.165, 1.54) is 24.3 Å². The van der Waals surface area contributed by atoms with Crippen LogP contribution in [0.15, 0.2) is 24.3 Å². The van der Waals surface area contributed by atoms with Gasteiger partial charge in [0, 0.05) is 17.1 Å². The molecule has 1 aromatic carbocycles. The van der Waals surface area contributed by atoms with Gasteiger partial charge in [-0.3, -0.25) is 9.59 Å². The number of nitrogens with one attached hydrogen (secondary N) is 3. The van der Waals surface area contributed by atoms with E-state index in [9.17, 15) is 24.3 Å². The Morgan fingerprint density at radius 1 is 1.07 bits per heavy atom. The fourth-order valence-electron chi connectivity index (χ4n) is 2.33. The molecule has 0 spiro atoms. The highest BCUT2D eigenvalue weighted by atomic mass is 35.5. The van der Waals surface area contributed by atoms with E-state index in [1.54, 1.807) is 34.6 Å². The number of halogens is 1. The summed E-state index contributed by atoms with van der Waals surface area (Å²) in [6.45, 7) is 8.09. The summed E-state index contributed by atoms with van der Waals surface area (Å²) in [6, 6.07) is 3.63. The van der Waals surface area contributed by atoms with Gasteiger partial charge in [0.25, 0.3) is 5.91 Å². The maximum Gasteiger partial charge on any atom is 0.408 e. The third-order valence-corrected chi connectivity index (χ3v) is 4.06. The van der Waals surface area contributed by atoms with Crippen LogP contribution >= 0.6 is 11.6 Å². The van der Waals surface area contributed by atoms with E-state index in [0.717, 1.165) is 0 Å². The van der Waals surface area contributed by atoms with E-state index >= 15 is 0 Å². The summed E-state index contributed by atoms with van der Waals surface area (Å²) < 4.78 is 5.14. The number of amides is 3. The Morgan fingerprint density at radius 3 is 2.10 bits per heavy atom. The molecule has 0 aliphatic heterocycles. The first-order chi connectivity index (χ1) is 13.8. The van der Waals surface area contributed by atoms with Crippen molar-refractivity contribution < 1.29 is 29.0 Å². The minimum absolute atomic E-state index is 0.293. The van der Waals surface area contributed by atoms with Gasteiger partial charge >= 0.3 is 12.1 Å². The largest absolute Gasteiger partial charge is 0.480 e. The molecule has 0 aromatic heterocycles. The van der Waals surface area contributed by atoms with Gasteiger partial charge in [-0.2, -0.15) is 0 Å². The number of carbonyl (C=O) groups is 4. The van der Waals surface area contributed by atoms with Gasteiger partial charge in [0.15, 0.2) is 0 Å². The number of aliphatic carboxylic acids is 1. The van der Waals surface area contributed by atoms with E-state index in [4.69, 9.17) is 16.3 Å². The van der Waals surface area contributed by atoms with Crippen LogP contribution in [0.5, 0.6) is 0 Å². The summed E-state index contributed by atoms with van der Waals surface area (Å²) in [5, 5.41) is 17.1. The number of benzene rings is 1. The second-order valence-corrected chi connectivity index (χ2v) is 8.42. The SMILES string of the molecule is CC(C)[C@H](NC(=O)OC(C)(C)C)C(=O)N[C@@H](CNC(=O)c1ccc(Cl)cc1)C(=O)O. The van der Waals surface area contributed by atoms with Gasteiger partial charge in [0.2, 0.25) is 5.91 Å². The average Bonchev–Trinajstić information content (AvgIpc) is 2.61. The van der Waals surface area contributed by atoms with Crippen molar-refractivity contribution in [3.8, 4) is 0 Å². The predicted molar refractivity (Wildman–Crippen MR) is 111 cm³/mol. The Kier molecular flexibility index (Phi) is 9.10. The van der Waals surface area contributed by atoms with Crippen molar-refractivity contribution in [2.45, 2.75) is 52.3 Å². The predicted octanol–water partition coefficient (Wildman–Crippen LogP) is 2.19. The van der Waals surface area contributed by atoms with Gasteiger partial charge in [-0.15, -0.1) is 0 Å². The highest BCUT2D eigenvalue weighted by Gasteiger charge is 2.30. The lowest BCUT2D eigenvalue weighted by Crippen LogP contribution is -2.56. The maximum absolute atomic E-state index is 12.6. The van der Waals surface area contributed by atoms with Gasteiger partial charge in [-0.05, 0) is 51.0 Å². The molecule has 30 heavy (non-hydrogen) atoms. The standard InChI is InChI=1S/C20H28ClN3O6/c1-11(2)15(24-19(29)30-20(3,4)5)17(26)23-14(18(27)28)10-22-16(25)12-6-8-13(21)9-7-12/h6-9,11,14-15H,10H2,1-5H3,(H,22,25)(H,23,26)(H,24,29)(H,27,28)/t14-,15-/m0/s1. The summed E-state index contributed by atoms with van der Waals surface area (Å²) in [5.41, 5.74) is -0.459. The third kappa shape index (κ3) is 8.69. The van der Waals surface area contributed by atoms with Gasteiger partial charge in [0.1, 0.15) is 17.7 Å². The van der Waals surface area contributed by atoms with Crippen LogP contribution in [0, 0.1) is 5.92 Å². The fourth-order valence-corrected chi connectivity index (χ4v) is 2.46. The van der Waals surface area contributed by atoms with E-state index in [2.05, 4.69) is 16.0 Å². The molecule has 0 saturated carbocycles. The number of carbonyl (C=O) groups excluding carboxylic acids is 3. The van der Waals surface area contributed by atoms with Crippen molar-refractivity contribution in [3.63, 3.8) is 0 Å². The van der Waals surface area contributed by atoms with Crippen LogP contribution in [0.25, 0.3) is 0 Å². The van der Waals surface area contributed by atoms with Crippen LogP contribution in [0.1, 0.15) is 45.0 Å². The molecule has 166 valence electrons. The zero-order chi connectivity index (χ0) is 23.1. The normalized spacial score (nSPS) is 13.2. The molecule has 0 aliphatic carbocycles.